The molecule has 0 unspecified atom stereocenters. The van der Waals surface area contributed by atoms with Gasteiger partial charge in [0.15, 0.2) is 0 Å². The fourth-order valence-corrected chi connectivity index (χ4v) is 1.42. The van der Waals surface area contributed by atoms with E-state index in [0.717, 1.165) is 18.9 Å². The predicted octanol–water partition coefficient (Wildman–Crippen LogP) is 1.27. The van der Waals surface area contributed by atoms with Gasteiger partial charge in [-0.2, -0.15) is 0 Å². The first-order chi connectivity index (χ1) is 10.5. The van der Waals surface area contributed by atoms with E-state index in [0.29, 0.717) is 24.0 Å². The molecule has 0 saturated carbocycles. The normalized spacial score (nSPS) is 10.2. The minimum absolute atomic E-state index is 0.338. The number of unbranched alkanes of at least 4 members (excludes halogenated alkanes) is 1. The molecule has 1 aromatic carbocycles. The second kappa shape index (κ2) is 9.17. The third-order valence-corrected chi connectivity index (χ3v) is 2.56. The number of rotatable bonds is 7. The highest BCUT2D eigenvalue weighted by Gasteiger charge is 2.06. The Kier molecular flexibility index (Phi) is 7.18. The Balaban J connectivity index is 2.45. The van der Waals surface area contributed by atoms with Crippen LogP contribution in [0.1, 0.15) is 30.1 Å². The van der Waals surface area contributed by atoms with Crippen molar-refractivity contribution in [2.24, 2.45) is 0 Å². The van der Waals surface area contributed by atoms with Gasteiger partial charge in [0, 0.05) is 17.7 Å². The standard InChI is InChI=1S/C15H18N2O5/c1-2-3-10-22-12-6-4-11(5-7-12)15(21)17-16-13(18)8-9-14(19)20/h4-9H,2-3,10H2,1H3,(H,16,18)(H,17,21)(H,19,20)/b9-8+. The van der Waals surface area contributed by atoms with Gasteiger partial charge < -0.3 is 9.84 Å². The van der Waals surface area contributed by atoms with Crippen molar-refractivity contribution in [1.82, 2.24) is 10.9 Å². The monoisotopic (exact) mass is 306 g/mol. The zero-order valence-electron chi connectivity index (χ0n) is 12.2. The summed E-state index contributed by atoms with van der Waals surface area (Å²) >= 11 is 0. The summed E-state index contributed by atoms with van der Waals surface area (Å²) in [7, 11) is 0. The molecule has 0 bridgehead atoms. The fourth-order valence-electron chi connectivity index (χ4n) is 1.42. The Hall–Kier alpha value is -2.83. The van der Waals surface area contributed by atoms with Crippen molar-refractivity contribution in [2.45, 2.75) is 19.8 Å². The first-order valence-electron chi connectivity index (χ1n) is 6.77. The molecule has 3 N–H and O–H groups in total. The number of carboxylic acid groups (broad SMARTS) is 1. The lowest BCUT2D eigenvalue weighted by Crippen LogP contribution is -2.40. The highest BCUT2D eigenvalue weighted by atomic mass is 16.5. The lowest BCUT2D eigenvalue weighted by molar-refractivity contribution is -0.131. The van der Waals surface area contributed by atoms with Gasteiger partial charge >= 0.3 is 5.97 Å². The molecule has 0 radical (unpaired) electrons. The highest BCUT2D eigenvalue weighted by Crippen LogP contribution is 2.12. The zero-order valence-corrected chi connectivity index (χ0v) is 12.2. The minimum atomic E-state index is -1.25. The second-order valence-corrected chi connectivity index (χ2v) is 4.34. The highest BCUT2D eigenvalue weighted by molar-refractivity contribution is 5.98. The summed E-state index contributed by atoms with van der Waals surface area (Å²) in [5, 5.41) is 8.36. The number of carbonyl (C=O) groups excluding carboxylic acids is 2. The molecule has 0 aliphatic rings. The molecule has 7 nitrogen and oxygen atoms in total. The summed E-state index contributed by atoms with van der Waals surface area (Å²) in [6.07, 6.45) is 3.46. The number of amides is 2. The van der Waals surface area contributed by atoms with Crippen LogP contribution in [0.3, 0.4) is 0 Å². The number of carbonyl (C=O) groups is 3. The van der Waals surface area contributed by atoms with Gasteiger partial charge in [-0.05, 0) is 30.7 Å². The molecule has 22 heavy (non-hydrogen) atoms. The van der Waals surface area contributed by atoms with Gasteiger partial charge in [0.25, 0.3) is 11.8 Å². The van der Waals surface area contributed by atoms with Crippen molar-refractivity contribution in [2.75, 3.05) is 6.61 Å². The number of benzene rings is 1. The summed E-state index contributed by atoms with van der Waals surface area (Å²) < 4.78 is 5.47. The molecule has 0 atom stereocenters. The maximum Gasteiger partial charge on any atom is 0.328 e. The number of hydrogen-bond donors (Lipinski definition) is 3. The van der Waals surface area contributed by atoms with Gasteiger partial charge in [-0.15, -0.1) is 0 Å². The zero-order chi connectivity index (χ0) is 16.4. The third kappa shape index (κ3) is 6.56. The molecule has 0 fully saturated rings. The number of ether oxygens (including phenoxy) is 1. The lowest BCUT2D eigenvalue weighted by atomic mass is 10.2. The van der Waals surface area contributed by atoms with Crippen LogP contribution >= 0.6 is 0 Å². The number of nitrogens with one attached hydrogen (secondary N) is 2. The minimum Gasteiger partial charge on any atom is -0.494 e. The van der Waals surface area contributed by atoms with Crippen LogP contribution in [0.2, 0.25) is 0 Å². The second-order valence-electron chi connectivity index (χ2n) is 4.34. The van der Waals surface area contributed by atoms with E-state index in [4.69, 9.17) is 9.84 Å². The van der Waals surface area contributed by atoms with Crippen LogP contribution < -0.4 is 15.6 Å². The molecule has 1 rings (SSSR count). The average Bonchev–Trinajstić information content (AvgIpc) is 2.51. The quantitative estimate of drug-likeness (QED) is 0.400. The Morgan fingerprint density at radius 2 is 1.82 bits per heavy atom. The van der Waals surface area contributed by atoms with E-state index in [2.05, 4.69) is 17.8 Å². The van der Waals surface area contributed by atoms with Crippen LogP contribution in [-0.4, -0.2) is 29.5 Å². The van der Waals surface area contributed by atoms with E-state index in [1.54, 1.807) is 24.3 Å². The maximum atomic E-state index is 11.8. The van der Waals surface area contributed by atoms with Crippen LogP contribution in [0.15, 0.2) is 36.4 Å². The van der Waals surface area contributed by atoms with Gasteiger partial charge in [-0.1, -0.05) is 13.3 Å². The molecule has 0 spiro atoms. The summed E-state index contributed by atoms with van der Waals surface area (Å²) in [5.74, 6) is -1.84. The molecule has 0 aromatic heterocycles. The number of aliphatic carboxylic acids is 1. The lowest BCUT2D eigenvalue weighted by Gasteiger charge is -2.07. The van der Waals surface area contributed by atoms with Gasteiger partial charge in [0.1, 0.15) is 5.75 Å². The van der Waals surface area contributed by atoms with E-state index in [1.165, 1.54) is 0 Å². The first kappa shape index (κ1) is 17.2. The van der Waals surface area contributed by atoms with Gasteiger partial charge in [-0.25, -0.2) is 4.79 Å². The molecule has 7 heteroatoms. The van der Waals surface area contributed by atoms with Crippen LogP contribution in [0, 0.1) is 0 Å². The van der Waals surface area contributed by atoms with E-state index in [1.807, 2.05) is 0 Å². The molecule has 0 aliphatic heterocycles. The molecule has 2 amide bonds. The molecular formula is C15H18N2O5. The van der Waals surface area contributed by atoms with Crippen molar-refractivity contribution in [3.63, 3.8) is 0 Å². The van der Waals surface area contributed by atoms with E-state index in [-0.39, 0.29) is 0 Å². The molecule has 0 aliphatic carbocycles. The van der Waals surface area contributed by atoms with E-state index >= 15 is 0 Å². The summed E-state index contributed by atoms with van der Waals surface area (Å²) in [6, 6.07) is 6.46. The number of hydrazine groups is 1. The van der Waals surface area contributed by atoms with Gasteiger partial charge in [-0.3, -0.25) is 20.4 Å². The summed E-state index contributed by atoms with van der Waals surface area (Å²) in [4.78, 5) is 33.2. The topological polar surface area (TPSA) is 105 Å². The van der Waals surface area contributed by atoms with Crippen LogP contribution in [-0.2, 0) is 9.59 Å². The predicted molar refractivity (Wildman–Crippen MR) is 79.2 cm³/mol. The number of hydrogen-bond acceptors (Lipinski definition) is 4. The van der Waals surface area contributed by atoms with Crippen molar-refractivity contribution >= 4 is 17.8 Å². The molecule has 118 valence electrons. The van der Waals surface area contributed by atoms with Crippen molar-refractivity contribution < 1.29 is 24.2 Å². The Labute approximate surface area is 127 Å². The molecule has 1 aromatic rings. The summed E-state index contributed by atoms with van der Waals surface area (Å²) in [5.41, 5.74) is 4.58. The fraction of sp³-hybridized carbons (Fsp3) is 0.267. The molecule has 0 saturated heterocycles. The van der Waals surface area contributed by atoms with E-state index in [9.17, 15) is 14.4 Å². The molecular weight excluding hydrogens is 288 g/mol. The Bertz CT molecular complexity index is 552. The van der Waals surface area contributed by atoms with Crippen molar-refractivity contribution in [3.8, 4) is 5.75 Å². The SMILES string of the molecule is CCCCOc1ccc(C(=O)NNC(=O)/C=C/C(=O)O)cc1. The van der Waals surface area contributed by atoms with E-state index < -0.39 is 17.8 Å². The van der Waals surface area contributed by atoms with Gasteiger partial charge in [0.05, 0.1) is 6.61 Å². The summed E-state index contributed by atoms with van der Waals surface area (Å²) in [6.45, 7) is 2.69. The van der Waals surface area contributed by atoms with Crippen LogP contribution in [0.25, 0.3) is 0 Å². The van der Waals surface area contributed by atoms with Crippen LogP contribution in [0.5, 0.6) is 5.75 Å². The van der Waals surface area contributed by atoms with Gasteiger partial charge in [0.2, 0.25) is 0 Å². The number of carboxylic acids is 1. The molecule has 0 heterocycles. The Morgan fingerprint density at radius 1 is 1.14 bits per heavy atom. The van der Waals surface area contributed by atoms with Crippen LogP contribution in [0.4, 0.5) is 0 Å². The maximum absolute atomic E-state index is 11.8. The first-order valence-corrected chi connectivity index (χ1v) is 6.77. The van der Waals surface area contributed by atoms with Crippen molar-refractivity contribution in [3.05, 3.63) is 42.0 Å². The average molecular weight is 306 g/mol. The smallest absolute Gasteiger partial charge is 0.328 e. The van der Waals surface area contributed by atoms with Crippen molar-refractivity contribution in [1.29, 1.82) is 0 Å². The Morgan fingerprint density at radius 3 is 2.41 bits per heavy atom. The largest absolute Gasteiger partial charge is 0.494 e. The third-order valence-electron chi connectivity index (χ3n) is 2.56.